The topological polar surface area (TPSA) is 0 Å². The minimum atomic E-state index is 0. The van der Waals surface area contributed by atoms with Gasteiger partial charge >= 0.3 is 38.5 Å². The average molecular weight is 634 g/mol. The zero-order valence-corrected chi connectivity index (χ0v) is 29.3. The summed E-state index contributed by atoms with van der Waals surface area (Å²) in [6, 6.07) is 37.7. The average Bonchev–Trinajstić information content (AvgIpc) is 3.56. The number of fused-ring (bicyclic) bond motifs is 3. The Hall–Kier alpha value is -2.13. The van der Waals surface area contributed by atoms with E-state index in [0.717, 1.165) is 12.8 Å². The summed E-state index contributed by atoms with van der Waals surface area (Å²) in [7, 11) is 0. The van der Waals surface area contributed by atoms with Crippen LogP contribution in [0, 0.1) is 0 Å². The van der Waals surface area contributed by atoms with Crippen LogP contribution in [0.3, 0.4) is 0 Å². The fourth-order valence-electron chi connectivity index (χ4n) is 5.26. The van der Waals surface area contributed by atoms with Crippen molar-refractivity contribution in [1.82, 2.24) is 0 Å². The molecule has 6 aromatic carbocycles. The minimum Gasteiger partial charge on any atom is -0.147 e. The van der Waals surface area contributed by atoms with E-state index < -0.39 is 0 Å². The van der Waals surface area contributed by atoms with Crippen molar-refractivity contribution in [3.8, 4) is 11.1 Å². The van der Waals surface area contributed by atoms with Crippen LogP contribution in [-0.4, -0.2) is 6.19 Å². The number of halogens is 2. The summed E-state index contributed by atoms with van der Waals surface area (Å²) in [6.07, 6.45) is 2.32. The normalized spacial score (nSPS) is 10.4. The van der Waals surface area contributed by atoms with Gasteiger partial charge in [0.25, 0.3) is 0 Å². The van der Waals surface area contributed by atoms with Crippen LogP contribution in [0.4, 0.5) is 0 Å². The Labute approximate surface area is 271 Å². The summed E-state index contributed by atoms with van der Waals surface area (Å²) in [5, 5.41) is 8.20. The van der Waals surface area contributed by atoms with Crippen molar-refractivity contribution in [1.29, 1.82) is 0 Å². The molecule has 0 heterocycles. The van der Waals surface area contributed by atoms with E-state index in [9.17, 15) is 0 Å². The van der Waals surface area contributed by atoms with Crippen molar-refractivity contribution < 1.29 is 19.2 Å². The summed E-state index contributed by atoms with van der Waals surface area (Å²) in [5.41, 5.74) is 7.00. The van der Waals surface area contributed by atoms with Crippen LogP contribution < -0.4 is 0 Å². The molecule has 0 aliphatic carbocycles. The third kappa shape index (κ3) is 8.69. The quantitative estimate of drug-likeness (QED) is 0.134. The number of benzene rings is 4. The maximum absolute atomic E-state index is 2.34. The molecule has 41 heavy (non-hydrogen) atoms. The van der Waals surface area contributed by atoms with Gasteiger partial charge < -0.3 is 0 Å². The Kier molecular flexibility index (Phi) is 14.1. The van der Waals surface area contributed by atoms with E-state index in [1.807, 2.05) is 0 Å². The first-order valence-corrected chi connectivity index (χ1v) is 19.0. The predicted molar refractivity (Wildman–Crippen MR) is 187 cm³/mol. The van der Waals surface area contributed by atoms with Gasteiger partial charge in [0.15, 0.2) is 0 Å². The van der Waals surface area contributed by atoms with Gasteiger partial charge in [0, 0.05) is 0 Å². The van der Waals surface area contributed by atoms with Crippen LogP contribution in [0.25, 0.3) is 43.4 Å². The van der Waals surface area contributed by atoms with E-state index in [-0.39, 0.29) is 31.0 Å². The van der Waals surface area contributed by atoms with E-state index in [1.54, 1.807) is 0 Å². The summed E-state index contributed by atoms with van der Waals surface area (Å²) in [6.45, 7) is 13.5. The van der Waals surface area contributed by atoms with Crippen LogP contribution in [-0.2, 0) is 32.0 Å². The number of aryl methyl sites for hydroxylation is 2. The molecular formula is C37H42Cl2SiTi. The van der Waals surface area contributed by atoms with Crippen molar-refractivity contribution in [3.63, 3.8) is 0 Å². The first-order valence-electron chi connectivity index (χ1n) is 14.2. The molecule has 0 saturated heterocycles. The smallest absolute Gasteiger partial charge is 0.147 e. The van der Waals surface area contributed by atoms with Gasteiger partial charge in [-0.1, -0.05) is 99.5 Å². The van der Waals surface area contributed by atoms with Crippen molar-refractivity contribution in [2.24, 2.45) is 0 Å². The molecule has 6 aromatic rings. The van der Waals surface area contributed by atoms with Crippen LogP contribution in [0.5, 0.6) is 0 Å². The minimum absolute atomic E-state index is 0. The van der Waals surface area contributed by atoms with E-state index in [1.165, 1.54) is 60.1 Å². The maximum Gasteiger partial charge on any atom is -0.147 e. The van der Waals surface area contributed by atoms with E-state index in [4.69, 9.17) is 0 Å². The van der Waals surface area contributed by atoms with Gasteiger partial charge in [-0.05, 0) is 35.1 Å². The second kappa shape index (κ2) is 16.5. The third-order valence-corrected chi connectivity index (χ3v) is 7.20. The molecule has 212 valence electrons. The second-order valence-corrected chi connectivity index (χ2v) is 17.5. The largest absolute Gasteiger partial charge is 0.147 e. The summed E-state index contributed by atoms with van der Waals surface area (Å²) < 4.78 is 0. The zero-order chi connectivity index (χ0) is 27.9. The first kappa shape index (κ1) is 35.1. The maximum atomic E-state index is 2.34. The van der Waals surface area contributed by atoms with Crippen LogP contribution >= 0.6 is 24.8 Å². The van der Waals surface area contributed by atoms with E-state index in [0.29, 0.717) is 5.92 Å². The number of hydrogen-bond donors (Lipinski definition) is 0. The van der Waals surface area contributed by atoms with E-state index >= 15 is 0 Å². The van der Waals surface area contributed by atoms with Gasteiger partial charge in [-0.15, -0.1) is 93.9 Å². The molecule has 0 unspecified atom stereocenters. The predicted octanol–water partition coefficient (Wildman–Crippen LogP) is 11.8. The molecule has 0 radical (unpaired) electrons. The third-order valence-electron chi connectivity index (χ3n) is 7.20. The molecule has 0 fully saturated rings. The molecule has 0 N–H and O–H groups in total. The second-order valence-electron chi connectivity index (χ2n) is 10.8. The van der Waals surface area contributed by atoms with Gasteiger partial charge in [0.1, 0.15) is 0 Å². The Bertz CT molecular complexity index is 1670. The van der Waals surface area contributed by atoms with Crippen LogP contribution in [0.2, 0.25) is 13.1 Å². The van der Waals surface area contributed by atoms with Gasteiger partial charge in [-0.3, -0.25) is 0 Å². The molecule has 0 nitrogen and oxygen atoms in total. The molecule has 0 amide bonds. The first-order chi connectivity index (χ1) is 18.8. The molecule has 0 aliphatic rings. The molecule has 0 saturated carbocycles. The number of rotatable bonds is 4. The molecule has 4 heteroatoms. The number of hydrogen-bond acceptors (Lipinski definition) is 0. The van der Waals surface area contributed by atoms with Gasteiger partial charge in [-0.25, -0.2) is 0 Å². The molecule has 0 aromatic heterocycles. The van der Waals surface area contributed by atoms with Gasteiger partial charge in [0.2, 0.25) is 0 Å². The van der Waals surface area contributed by atoms with Crippen LogP contribution in [0.1, 0.15) is 50.3 Å². The van der Waals surface area contributed by atoms with Gasteiger partial charge in [0.05, 0.1) is 0 Å². The zero-order valence-electron chi connectivity index (χ0n) is 25.1. The Morgan fingerprint density at radius 2 is 1.32 bits per heavy atom. The molecule has 0 bridgehead atoms. The van der Waals surface area contributed by atoms with Gasteiger partial charge in [-0.2, -0.15) is 6.07 Å². The van der Waals surface area contributed by atoms with Crippen molar-refractivity contribution in [2.45, 2.75) is 59.5 Å². The van der Waals surface area contributed by atoms with Crippen molar-refractivity contribution in [2.75, 3.05) is 0 Å². The molecule has 6 rings (SSSR count). The Balaban J connectivity index is 0.000000257. The summed E-state index contributed by atoms with van der Waals surface area (Å²) in [4.78, 5) is 0. The Morgan fingerprint density at radius 3 is 1.95 bits per heavy atom. The molecular weight excluding hydrogens is 591 g/mol. The van der Waals surface area contributed by atoms with E-state index in [2.05, 4.69) is 163 Å². The fraction of sp³-hybridized carbons (Fsp3) is 0.243. The molecule has 0 aliphatic heterocycles. The standard InChI is InChI=1S/C21H17.C14H17.C2H6Si.2ClH.Ti/c1-2-15-11-12-20(21-10-6-5-9-19(15)21)18-13-16-7-3-4-8-17(16)14-18;1-4-11-8-12-6-5-7-13(10(2)3)14(12)9-11;1-3-2;;;/h3-14H,2H2,1H3;5-10H,4H2,1-3H3;1-2H3;2*1H;/q2*-1;;;;+2. The van der Waals surface area contributed by atoms with Crippen molar-refractivity contribution >= 4 is 63.3 Å². The molecule has 0 atom stereocenters. The molecule has 0 spiro atoms. The Morgan fingerprint density at radius 1 is 0.683 bits per heavy atom. The summed E-state index contributed by atoms with van der Waals surface area (Å²) in [5.74, 6) is 0.616. The fourth-order valence-corrected chi connectivity index (χ4v) is 5.26. The van der Waals surface area contributed by atoms with Crippen LogP contribution in [0.15, 0.2) is 103 Å². The summed E-state index contributed by atoms with van der Waals surface area (Å²) >= 11 is 2.27. The van der Waals surface area contributed by atoms with Crippen molar-refractivity contribution in [3.05, 3.63) is 120 Å². The SMILES string of the molecule is CCc1cc2c(C(C)C)cccc2[cH-]1.CCc1ccc(-c2cc3ccccc3[cH-]2)c2ccccc12.C[Si](C)=[Ti+2].Cl.Cl. The monoisotopic (exact) mass is 632 g/mol.